The molecule has 5 nitrogen and oxygen atoms in total. The van der Waals surface area contributed by atoms with Crippen LogP contribution in [0.25, 0.3) is 11.3 Å². The van der Waals surface area contributed by atoms with E-state index >= 15 is 0 Å². The second kappa shape index (κ2) is 10.3. The molecule has 1 aliphatic carbocycles. The fourth-order valence-electron chi connectivity index (χ4n) is 4.59. The molecule has 2 atom stereocenters. The minimum Gasteiger partial charge on any atom is -0.497 e. The van der Waals surface area contributed by atoms with Gasteiger partial charge in [0.1, 0.15) is 18.2 Å². The van der Waals surface area contributed by atoms with Crippen molar-refractivity contribution in [1.29, 1.82) is 0 Å². The number of fused-ring (bicyclic) bond motifs is 1. The molecule has 0 spiro atoms. The smallest absolute Gasteiger partial charge is 0.148 e. The van der Waals surface area contributed by atoms with Gasteiger partial charge >= 0.3 is 0 Å². The molecule has 1 heterocycles. The molecule has 4 rings (SSSR count). The van der Waals surface area contributed by atoms with E-state index in [1.807, 2.05) is 24.3 Å². The van der Waals surface area contributed by atoms with E-state index < -0.39 is 6.67 Å². The van der Waals surface area contributed by atoms with Crippen LogP contribution < -0.4 is 10.1 Å². The summed E-state index contributed by atoms with van der Waals surface area (Å²) in [4.78, 5) is 10.1. The number of aromatic nitrogens is 2. The van der Waals surface area contributed by atoms with Gasteiger partial charge in [-0.15, -0.1) is 0 Å². The molecule has 0 aliphatic heterocycles. The van der Waals surface area contributed by atoms with Crippen LogP contribution in [0.15, 0.2) is 42.5 Å². The zero-order valence-electron chi connectivity index (χ0n) is 19.8. The summed E-state index contributed by atoms with van der Waals surface area (Å²) in [5.41, 5.74) is 7.34. The van der Waals surface area contributed by atoms with Crippen molar-refractivity contribution < 1.29 is 13.9 Å². The molecule has 174 valence electrons. The average Bonchev–Trinajstić information content (AvgIpc) is 3.19. The summed E-state index contributed by atoms with van der Waals surface area (Å²) in [6, 6.07) is 14.2. The maximum atomic E-state index is 12.9. The fraction of sp³-hybridized carbons (Fsp3) is 0.407. The molecule has 0 saturated carbocycles. The molecule has 1 aromatic heterocycles. The lowest BCUT2D eigenvalue weighted by Gasteiger charge is -2.24. The molecular weight excluding hydrogens is 417 g/mol. The van der Waals surface area contributed by atoms with E-state index in [1.165, 1.54) is 11.1 Å². The number of nitrogens with one attached hydrogen (secondary N) is 1. The van der Waals surface area contributed by atoms with Crippen molar-refractivity contribution in [2.24, 2.45) is 0 Å². The van der Waals surface area contributed by atoms with Crippen LogP contribution in [-0.4, -0.2) is 36.5 Å². The number of methoxy groups -OCH3 is 1. The van der Waals surface area contributed by atoms with E-state index in [2.05, 4.69) is 44.3 Å². The van der Waals surface area contributed by atoms with Gasteiger partial charge in [-0.1, -0.05) is 38.1 Å². The first-order chi connectivity index (χ1) is 16.1. The first-order valence-corrected chi connectivity index (χ1v) is 11.7. The maximum absolute atomic E-state index is 12.9. The summed E-state index contributed by atoms with van der Waals surface area (Å²) in [5, 5.41) is 3.62. The van der Waals surface area contributed by atoms with E-state index in [-0.39, 0.29) is 18.8 Å². The zero-order valence-corrected chi connectivity index (χ0v) is 19.8. The van der Waals surface area contributed by atoms with Gasteiger partial charge in [0.05, 0.1) is 42.9 Å². The normalized spacial score (nSPS) is 17.1. The lowest BCUT2D eigenvalue weighted by atomic mass is 10.0. The van der Waals surface area contributed by atoms with Crippen molar-refractivity contribution in [3.05, 3.63) is 70.5 Å². The van der Waals surface area contributed by atoms with Crippen molar-refractivity contribution in [2.45, 2.75) is 52.2 Å². The Morgan fingerprint density at radius 1 is 1.06 bits per heavy atom. The summed E-state index contributed by atoms with van der Waals surface area (Å²) in [7, 11) is 1.67. The SMILES string of the molecule is CCc1nc(-c2ccc(OC)cc2C)c(CC)nc1N[C@@H]1c2ccccc2C[C@@H]1OCCF. The predicted octanol–water partition coefficient (Wildman–Crippen LogP) is 5.65. The highest BCUT2D eigenvalue weighted by molar-refractivity contribution is 5.68. The fourth-order valence-corrected chi connectivity index (χ4v) is 4.59. The van der Waals surface area contributed by atoms with Crippen LogP contribution in [0.4, 0.5) is 10.2 Å². The molecule has 0 amide bonds. The number of rotatable bonds is 9. The minimum atomic E-state index is -0.491. The van der Waals surface area contributed by atoms with Gasteiger partial charge in [-0.05, 0) is 54.7 Å². The lowest BCUT2D eigenvalue weighted by molar-refractivity contribution is 0.0393. The van der Waals surface area contributed by atoms with Gasteiger partial charge in [0.25, 0.3) is 0 Å². The topological polar surface area (TPSA) is 56.3 Å². The molecule has 0 radical (unpaired) electrons. The Kier molecular flexibility index (Phi) is 7.23. The van der Waals surface area contributed by atoms with Crippen molar-refractivity contribution in [3.63, 3.8) is 0 Å². The van der Waals surface area contributed by atoms with E-state index in [0.717, 1.165) is 59.0 Å². The number of anilines is 1. The highest BCUT2D eigenvalue weighted by Gasteiger charge is 2.34. The standard InChI is InChI=1S/C27H32FN3O2/c1-5-22-25(20-12-11-19(32-4)15-17(20)3)29-23(6-2)27(30-22)31-26-21-10-8-7-9-18(21)16-24(26)33-14-13-28/h7-12,15,24,26H,5-6,13-14,16H2,1-4H3,(H,30,31)/t24-,26+/m0/s1. The van der Waals surface area contributed by atoms with Crippen LogP contribution in [-0.2, 0) is 24.0 Å². The summed E-state index contributed by atoms with van der Waals surface area (Å²) in [5.74, 6) is 1.61. The van der Waals surface area contributed by atoms with Gasteiger partial charge < -0.3 is 14.8 Å². The molecular formula is C27H32FN3O2. The van der Waals surface area contributed by atoms with Crippen LogP contribution in [0.2, 0.25) is 0 Å². The van der Waals surface area contributed by atoms with E-state index in [4.69, 9.17) is 19.4 Å². The highest BCUT2D eigenvalue weighted by atomic mass is 19.1. The minimum absolute atomic E-state index is 0.0920. The highest BCUT2D eigenvalue weighted by Crippen LogP contribution is 2.37. The van der Waals surface area contributed by atoms with Crippen molar-refractivity contribution in [1.82, 2.24) is 9.97 Å². The van der Waals surface area contributed by atoms with Gasteiger partial charge in [-0.3, -0.25) is 0 Å². The van der Waals surface area contributed by atoms with Gasteiger partial charge in [-0.2, -0.15) is 0 Å². The van der Waals surface area contributed by atoms with Crippen molar-refractivity contribution in [3.8, 4) is 17.0 Å². The Bertz CT molecular complexity index is 1120. The molecule has 1 aliphatic rings. The Morgan fingerprint density at radius 2 is 1.85 bits per heavy atom. The number of nitrogens with zero attached hydrogens (tertiary/aromatic N) is 2. The number of ether oxygens (including phenoxy) is 2. The summed E-state index contributed by atoms with van der Waals surface area (Å²) in [6.07, 6.45) is 2.12. The van der Waals surface area contributed by atoms with Crippen LogP contribution in [0.5, 0.6) is 5.75 Å². The van der Waals surface area contributed by atoms with Crippen LogP contribution in [0, 0.1) is 6.92 Å². The Balaban J connectivity index is 1.72. The first kappa shape index (κ1) is 23.2. The van der Waals surface area contributed by atoms with Gasteiger partial charge in [0.2, 0.25) is 0 Å². The molecule has 6 heteroatoms. The molecule has 0 bridgehead atoms. The molecule has 0 saturated heterocycles. The van der Waals surface area contributed by atoms with Crippen molar-refractivity contribution in [2.75, 3.05) is 25.7 Å². The number of hydrogen-bond acceptors (Lipinski definition) is 5. The third-order valence-corrected chi connectivity index (χ3v) is 6.28. The van der Waals surface area contributed by atoms with Crippen LogP contribution >= 0.6 is 0 Å². The van der Waals surface area contributed by atoms with Crippen LogP contribution in [0.1, 0.15) is 48.0 Å². The number of aryl methyl sites for hydroxylation is 3. The second-order valence-electron chi connectivity index (χ2n) is 8.33. The second-order valence-corrected chi connectivity index (χ2v) is 8.33. The van der Waals surface area contributed by atoms with E-state index in [0.29, 0.717) is 0 Å². The van der Waals surface area contributed by atoms with Gasteiger partial charge in [0.15, 0.2) is 0 Å². The van der Waals surface area contributed by atoms with E-state index in [9.17, 15) is 4.39 Å². The van der Waals surface area contributed by atoms with Gasteiger partial charge in [0, 0.05) is 12.0 Å². The number of hydrogen-bond donors (Lipinski definition) is 1. The van der Waals surface area contributed by atoms with Crippen LogP contribution in [0.3, 0.4) is 0 Å². The Hall–Kier alpha value is -2.99. The molecule has 2 aromatic carbocycles. The largest absolute Gasteiger partial charge is 0.497 e. The Morgan fingerprint density at radius 3 is 2.55 bits per heavy atom. The van der Waals surface area contributed by atoms with Gasteiger partial charge in [-0.25, -0.2) is 14.4 Å². The number of benzene rings is 2. The maximum Gasteiger partial charge on any atom is 0.148 e. The third kappa shape index (κ3) is 4.71. The quantitative estimate of drug-likeness (QED) is 0.458. The summed E-state index contributed by atoms with van der Waals surface area (Å²) >= 11 is 0. The Labute approximate surface area is 195 Å². The summed E-state index contributed by atoms with van der Waals surface area (Å²) in [6.45, 7) is 5.86. The molecule has 33 heavy (non-hydrogen) atoms. The average molecular weight is 450 g/mol. The predicted molar refractivity (Wildman–Crippen MR) is 130 cm³/mol. The molecule has 0 unspecified atom stereocenters. The third-order valence-electron chi connectivity index (χ3n) is 6.28. The molecule has 1 N–H and O–H groups in total. The summed E-state index contributed by atoms with van der Waals surface area (Å²) < 4.78 is 24.1. The monoisotopic (exact) mass is 449 g/mol. The molecule has 0 fully saturated rings. The lowest BCUT2D eigenvalue weighted by Crippen LogP contribution is -2.27. The number of halogens is 1. The molecule has 3 aromatic rings. The first-order valence-electron chi connectivity index (χ1n) is 11.7. The van der Waals surface area contributed by atoms with Crippen molar-refractivity contribution >= 4 is 5.82 Å². The number of alkyl halides is 1. The van der Waals surface area contributed by atoms with E-state index in [1.54, 1.807) is 7.11 Å². The zero-order chi connectivity index (χ0) is 23.4.